The summed E-state index contributed by atoms with van der Waals surface area (Å²) in [5.41, 5.74) is 2.42. The number of carbonyl (C=O) groups excluding carboxylic acids is 1. The first-order valence-electron chi connectivity index (χ1n) is 6.06. The van der Waals surface area contributed by atoms with Crippen molar-refractivity contribution in [2.75, 3.05) is 5.32 Å². The molecule has 4 heteroatoms. The predicted octanol–water partition coefficient (Wildman–Crippen LogP) is 4.95. The van der Waals surface area contributed by atoms with Gasteiger partial charge < -0.3 is 5.32 Å². The molecule has 20 heavy (non-hydrogen) atoms. The third kappa shape index (κ3) is 3.62. The van der Waals surface area contributed by atoms with E-state index in [2.05, 4.69) is 5.32 Å². The van der Waals surface area contributed by atoms with Gasteiger partial charge >= 0.3 is 0 Å². The number of carbonyl (C=O) groups is 1. The highest BCUT2D eigenvalue weighted by Gasteiger charge is 2.04. The van der Waals surface area contributed by atoms with Crippen LogP contribution in [0.3, 0.4) is 0 Å². The molecule has 1 N–H and O–H groups in total. The van der Waals surface area contributed by atoms with Gasteiger partial charge in [0.15, 0.2) is 0 Å². The molecule has 102 valence electrons. The Morgan fingerprint density at radius 1 is 1.05 bits per heavy atom. The van der Waals surface area contributed by atoms with Crippen molar-refractivity contribution in [1.82, 2.24) is 0 Å². The molecule has 2 aromatic rings. The number of benzene rings is 2. The summed E-state index contributed by atoms with van der Waals surface area (Å²) in [6.45, 7) is 1.93. The standard InChI is InChI=1S/C16H13Cl2NO/c1-11-5-2-3-8-15(11)19-16(20)10-9-12-13(17)6-4-7-14(12)18/h2-10H,1H3,(H,19,20)/b10-9-. The van der Waals surface area contributed by atoms with Crippen molar-refractivity contribution in [2.24, 2.45) is 0 Å². The second-order valence-electron chi connectivity index (χ2n) is 4.27. The summed E-state index contributed by atoms with van der Waals surface area (Å²) >= 11 is 12.1. The quantitative estimate of drug-likeness (QED) is 0.798. The molecule has 0 spiro atoms. The molecule has 0 aliphatic heterocycles. The molecular weight excluding hydrogens is 293 g/mol. The van der Waals surface area contributed by atoms with Crippen LogP contribution < -0.4 is 5.32 Å². The Labute approximate surface area is 128 Å². The van der Waals surface area contributed by atoms with Gasteiger partial charge in [-0.25, -0.2) is 0 Å². The van der Waals surface area contributed by atoms with Gasteiger partial charge in [-0.1, -0.05) is 47.5 Å². The third-order valence-corrected chi connectivity index (χ3v) is 3.46. The van der Waals surface area contributed by atoms with E-state index >= 15 is 0 Å². The van der Waals surface area contributed by atoms with Gasteiger partial charge in [0.05, 0.1) is 0 Å². The normalized spacial score (nSPS) is 10.8. The molecule has 2 nitrogen and oxygen atoms in total. The second-order valence-corrected chi connectivity index (χ2v) is 5.09. The zero-order chi connectivity index (χ0) is 14.5. The van der Waals surface area contributed by atoms with E-state index in [-0.39, 0.29) is 5.91 Å². The maximum Gasteiger partial charge on any atom is 0.248 e. The minimum Gasteiger partial charge on any atom is -0.322 e. The molecule has 0 aliphatic carbocycles. The number of anilines is 1. The van der Waals surface area contributed by atoms with Gasteiger partial charge in [0.2, 0.25) is 5.91 Å². The molecule has 0 radical (unpaired) electrons. The van der Waals surface area contributed by atoms with E-state index < -0.39 is 0 Å². The lowest BCUT2D eigenvalue weighted by Crippen LogP contribution is -2.08. The average Bonchev–Trinajstić information content (AvgIpc) is 2.41. The minimum atomic E-state index is -0.227. The Morgan fingerprint density at radius 3 is 2.35 bits per heavy atom. The lowest BCUT2D eigenvalue weighted by atomic mass is 10.2. The molecule has 0 heterocycles. The molecule has 0 fully saturated rings. The van der Waals surface area contributed by atoms with Gasteiger partial charge in [-0.3, -0.25) is 4.79 Å². The van der Waals surface area contributed by atoms with Crippen molar-refractivity contribution in [3.8, 4) is 0 Å². The molecule has 0 unspecified atom stereocenters. The van der Waals surface area contributed by atoms with Crippen molar-refractivity contribution in [3.05, 3.63) is 69.7 Å². The Morgan fingerprint density at radius 2 is 1.70 bits per heavy atom. The number of amides is 1. The van der Waals surface area contributed by atoms with E-state index in [0.717, 1.165) is 11.3 Å². The maximum atomic E-state index is 11.9. The molecule has 0 saturated heterocycles. The van der Waals surface area contributed by atoms with E-state index in [0.29, 0.717) is 15.6 Å². The monoisotopic (exact) mass is 305 g/mol. The Kier molecular flexibility index (Phi) is 4.83. The smallest absolute Gasteiger partial charge is 0.248 e. The van der Waals surface area contributed by atoms with Gasteiger partial charge in [0.1, 0.15) is 0 Å². The van der Waals surface area contributed by atoms with Gasteiger partial charge in [-0.15, -0.1) is 0 Å². The molecule has 2 aromatic carbocycles. The number of para-hydroxylation sites is 1. The van der Waals surface area contributed by atoms with Gasteiger partial charge in [0.25, 0.3) is 0 Å². The van der Waals surface area contributed by atoms with Crippen molar-refractivity contribution in [3.63, 3.8) is 0 Å². The fourth-order valence-corrected chi connectivity index (χ4v) is 2.24. The molecule has 0 saturated carbocycles. The number of aryl methyl sites for hydroxylation is 1. The van der Waals surface area contributed by atoms with Crippen LogP contribution in [0.2, 0.25) is 10.0 Å². The van der Waals surface area contributed by atoms with Crippen LogP contribution >= 0.6 is 23.2 Å². The van der Waals surface area contributed by atoms with E-state index in [9.17, 15) is 4.79 Å². The molecule has 2 rings (SSSR count). The highest BCUT2D eigenvalue weighted by atomic mass is 35.5. The molecule has 0 aliphatic rings. The van der Waals surface area contributed by atoms with Crippen LogP contribution in [-0.2, 0) is 4.79 Å². The summed E-state index contributed by atoms with van der Waals surface area (Å²) < 4.78 is 0. The summed E-state index contributed by atoms with van der Waals surface area (Å²) in [6, 6.07) is 12.8. The number of rotatable bonds is 3. The highest BCUT2D eigenvalue weighted by molar-refractivity contribution is 6.37. The SMILES string of the molecule is Cc1ccccc1NC(=O)/C=C\c1c(Cl)cccc1Cl. The summed E-state index contributed by atoms with van der Waals surface area (Å²) in [5, 5.41) is 3.83. The van der Waals surface area contributed by atoms with Crippen LogP contribution in [0.25, 0.3) is 6.08 Å². The van der Waals surface area contributed by atoms with Crippen molar-refractivity contribution < 1.29 is 4.79 Å². The van der Waals surface area contributed by atoms with Gasteiger partial charge in [0, 0.05) is 27.4 Å². The van der Waals surface area contributed by atoms with Crippen LogP contribution in [0, 0.1) is 6.92 Å². The van der Waals surface area contributed by atoms with Gasteiger partial charge in [-0.2, -0.15) is 0 Å². The predicted molar refractivity (Wildman–Crippen MR) is 85.3 cm³/mol. The zero-order valence-electron chi connectivity index (χ0n) is 10.9. The van der Waals surface area contributed by atoms with Crippen LogP contribution in [-0.4, -0.2) is 5.91 Å². The van der Waals surface area contributed by atoms with Crippen molar-refractivity contribution in [1.29, 1.82) is 0 Å². The average molecular weight is 306 g/mol. The minimum absolute atomic E-state index is 0.227. The van der Waals surface area contributed by atoms with Crippen LogP contribution in [0.15, 0.2) is 48.5 Å². The molecule has 0 aromatic heterocycles. The number of nitrogens with one attached hydrogen (secondary N) is 1. The largest absolute Gasteiger partial charge is 0.322 e. The summed E-state index contributed by atoms with van der Waals surface area (Å²) in [6.07, 6.45) is 3.03. The first-order valence-corrected chi connectivity index (χ1v) is 6.82. The van der Waals surface area contributed by atoms with Crippen molar-refractivity contribution >= 4 is 40.9 Å². The zero-order valence-corrected chi connectivity index (χ0v) is 12.4. The van der Waals surface area contributed by atoms with E-state index in [1.54, 1.807) is 24.3 Å². The number of hydrogen-bond acceptors (Lipinski definition) is 1. The first-order chi connectivity index (χ1) is 9.58. The number of hydrogen-bond donors (Lipinski definition) is 1. The van der Waals surface area contributed by atoms with Crippen molar-refractivity contribution in [2.45, 2.75) is 6.92 Å². The molecule has 0 atom stereocenters. The summed E-state index contributed by atoms with van der Waals surface area (Å²) in [7, 11) is 0. The second kappa shape index (κ2) is 6.60. The van der Waals surface area contributed by atoms with E-state index in [1.807, 2.05) is 31.2 Å². The van der Waals surface area contributed by atoms with E-state index in [4.69, 9.17) is 23.2 Å². The molecule has 0 bridgehead atoms. The molecule has 1 amide bonds. The van der Waals surface area contributed by atoms with Crippen LogP contribution in [0.1, 0.15) is 11.1 Å². The lowest BCUT2D eigenvalue weighted by molar-refractivity contribution is -0.111. The Hall–Kier alpha value is -1.77. The van der Waals surface area contributed by atoms with Crippen LogP contribution in [0.5, 0.6) is 0 Å². The fourth-order valence-electron chi connectivity index (χ4n) is 1.72. The van der Waals surface area contributed by atoms with Crippen LogP contribution in [0.4, 0.5) is 5.69 Å². The fraction of sp³-hybridized carbons (Fsp3) is 0.0625. The highest BCUT2D eigenvalue weighted by Crippen LogP contribution is 2.25. The topological polar surface area (TPSA) is 29.1 Å². The molecular formula is C16H13Cl2NO. The van der Waals surface area contributed by atoms with Gasteiger partial charge in [-0.05, 0) is 36.8 Å². The Balaban J connectivity index is 2.12. The lowest BCUT2D eigenvalue weighted by Gasteiger charge is -2.05. The Bertz CT molecular complexity index is 645. The third-order valence-electron chi connectivity index (χ3n) is 2.80. The summed E-state index contributed by atoms with van der Waals surface area (Å²) in [4.78, 5) is 11.9. The summed E-state index contributed by atoms with van der Waals surface area (Å²) in [5.74, 6) is -0.227. The maximum absolute atomic E-state index is 11.9. The number of halogens is 2. The van der Waals surface area contributed by atoms with E-state index in [1.165, 1.54) is 6.08 Å². The first kappa shape index (κ1) is 14.6.